The zero-order valence-electron chi connectivity index (χ0n) is 11.7. The lowest BCUT2D eigenvalue weighted by Crippen LogP contribution is -2.39. The third kappa shape index (κ3) is 4.90. The highest BCUT2D eigenvalue weighted by Gasteiger charge is 2.28. The van der Waals surface area contributed by atoms with Gasteiger partial charge in [-0.15, -0.1) is 0 Å². The van der Waals surface area contributed by atoms with Gasteiger partial charge in [-0.25, -0.2) is 0 Å². The van der Waals surface area contributed by atoms with Gasteiger partial charge in [-0.3, -0.25) is 4.79 Å². The topological polar surface area (TPSA) is 32.3 Å². The minimum Gasteiger partial charge on any atom is -0.338 e. The fourth-order valence-electron chi connectivity index (χ4n) is 2.00. The Balaban J connectivity index is 2.34. The van der Waals surface area contributed by atoms with Gasteiger partial charge in [-0.2, -0.15) is 0 Å². The van der Waals surface area contributed by atoms with Gasteiger partial charge in [0, 0.05) is 31.6 Å². The highest BCUT2D eigenvalue weighted by Crippen LogP contribution is 2.20. The molecule has 0 spiro atoms. The predicted molar refractivity (Wildman–Crippen MR) is 71.9 cm³/mol. The average Bonchev–Trinajstić information content (AvgIpc) is 2.56. The second kappa shape index (κ2) is 5.67. The summed E-state index contributed by atoms with van der Waals surface area (Å²) in [6.45, 7) is 15.0. The summed E-state index contributed by atoms with van der Waals surface area (Å²) in [6.07, 6.45) is 1.81. The molecule has 3 heteroatoms. The van der Waals surface area contributed by atoms with Crippen molar-refractivity contribution in [3.8, 4) is 0 Å². The van der Waals surface area contributed by atoms with Crippen molar-refractivity contribution in [1.82, 2.24) is 10.2 Å². The minimum atomic E-state index is 0.101. The Bertz CT molecular complexity index is 291. The minimum absolute atomic E-state index is 0.101. The summed E-state index contributed by atoms with van der Waals surface area (Å²) in [6, 6.07) is 0. The van der Waals surface area contributed by atoms with Crippen LogP contribution in [0.5, 0.6) is 0 Å². The van der Waals surface area contributed by atoms with Crippen LogP contribution in [-0.4, -0.2) is 36.0 Å². The van der Waals surface area contributed by atoms with Gasteiger partial charge in [0.05, 0.1) is 0 Å². The van der Waals surface area contributed by atoms with Gasteiger partial charge < -0.3 is 10.2 Å². The molecule has 3 nitrogen and oxygen atoms in total. The van der Waals surface area contributed by atoms with Gasteiger partial charge in [-0.05, 0) is 32.3 Å². The first-order valence-corrected chi connectivity index (χ1v) is 6.51. The first-order valence-electron chi connectivity index (χ1n) is 6.51. The van der Waals surface area contributed by atoms with Gasteiger partial charge in [-0.1, -0.05) is 19.9 Å². The molecule has 1 unspecified atom stereocenters. The number of likely N-dealkylation sites (tertiary alicyclic amines) is 1. The monoisotopic (exact) mass is 238 g/mol. The lowest BCUT2D eigenvalue weighted by Gasteiger charge is -2.23. The van der Waals surface area contributed by atoms with Gasteiger partial charge >= 0.3 is 0 Å². The molecular weight excluding hydrogens is 212 g/mol. The van der Waals surface area contributed by atoms with Crippen molar-refractivity contribution < 1.29 is 4.79 Å². The summed E-state index contributed by atoms with van der Waals surface area (Å²) >= 11 is 0. The lowest BCUT2D eigenvalue weighted by atomic mass is 10.1. The number of carbonyl (C=O) groups excluding carboxylic acids is 1. The second-order valence-electron chi connectivity index (χ2n) is 6.11. The molecule has 0 aromatic heterocycles. The normalized spacial score (nSPS) is 21.1. The van der Waals surface area contributed by atoms with Crippen molar-refractivity contribution in [2.24, 2.45) is 5.92 Å². The molecule has 1 rings (SSSR count). The zero-order valence-corrected chi connectivity index (χ0v) is 11.7. The molecule has 0 radical (unpaired) electrons. The SMILES string of the molecule is C=C(CNC(C)(C)C)CN1CC(CC)CC1=O. The largest absolute Gasteiger partial charge is 0.338 e. The van der Waals surface area contributed by atoms with Crippen LogP contribution >= 0.6 is 0 Å². The summed E-state index contributed by atoms with van der Waals surface area (Å²) in [5, 5.41) is 3.40. The zero-order chi connectivity index (χ0) is 13.1. The van der Waals surface area contributed by atoms with E-state index in [0.717, 1.165) is 31.5 Å². The maximum absolute atomic E-state index is 11.7. The number of hydrogen-bond acceptors (Lipinski definition) is 2. The molecule has 0 saturated carbocycles. The van der Waals surface area contributed by atoms with E-state index in [2.05, 4.69) is 39.6 Å². The van der Waals surface area contributed by atoms with Crippen LogP contribution in [0.3, 0.4) is 0 Å². The van der Waals surface area contributed by atoms with Crippen molar-refractivity contribution in [2.75, 3.05) is 19.6 Å². The average molecular weight is 238 g/mol. The van der Waals surface area contributed by atoms with Crippen LogP contribution in [0.4, 0.5) is 0 Å². The van der Waals surface area contributed by atoms with Crippen LogP contribution < -0.4 is 5.32 Å². The Morgan fingerprint density at radius 2 is 2.18 bits per heavy atom. The molecule has 1 amide bonds. The van der Waals surface area contributed by atoms with E-state index in [9.17, 15) is 4.79 Å². The quantitative estimate of drug-likeness (QED) is 0.745. The Labute approximate surface area is 105 Å². The van der Waals surface area contributed by atoms with E-state index in [1.807, 2.05) is 4.90 Å². The number of rotatable bonds is 5. The molecule has 0 aromatic rings. The van der Waals surface area contributed by atoms with Crippen molar-refractivity contribution in [2.45, 2.75) is 46.1 Å². The highest BCUT2D eigenvalue weighted by atomic mass is 16.2. The van der Waals surface area contributed by atoms with E-state index in [1.54, 1.807) is 0 Å². The van der Waals surface area contributed by atoms with Gasteiger partial charge in [0.1, 0.15) is 0 Å². The molecule has 1 aliphatic rings. The Hall–Kier alpha value is -0.830. The van der Waals surface area contributed by atoms with Crippen molar-refractivity contribution in [1.29, 1.82) is 0 Å². The number of hydrogen-bond donors (Lipinski definition) is 1. The van der Waals surface area contributed by atoms with Crippen LogP contribution in [0.15, 0.2) is 12.2 Å². The molecule has 98 valence electrons. The number of carbonyl (C=O) groups is 1. The first-order chi connectivity index (χ1) is 7.81. The summed E-state index contributed by atoms with van der Waals surface area (Å²) in [5.41, 5.74) is 1.19. The highest BCUT2D eigenvalue weighted by molar-refractivity contribution is 5.78. The van der Waals surface area contributed by atoms with E-state index in [1.165, 1.54) is 0 Å². The summed E-state index contributed by atoms with van der Waals surface area (Å²) < 4.78 is 0. The molecule has 1 atom stereocenters. The van der Waals surface area contributed by atoms with Gasteiger partial charge in [0.25, 0.3) is 0 Å². The Kier molecular flexibility index (Phi) is 4.75. The van der Waals surface area contributed by atoms with E-state index in [4.69, 9.17) is 0 Å². The summed E-state index contributed by atoms with van der Waals surface area (Å²) in [4.78, 5) is 13.7. The standard InChI is InChI=1S/C14H26N2O/c1-6-12-7-13(17)16(10-12)9-11(2)8-15-14(3,4)5/h12,15H,2,6-10H2,1,3-5H3. The van der Waals surface area contributed by atoms with Gasteiger partial charge in [0.2, 0.25) is 5.91 Å². The number of nitrogens with one attached hydrogen (secondary N) is 1. The van der Waals surface area contributed by atoms with Crippen LogP contribution in [-0.2, 0) is 4.79 Å². The molecule has 0 aliphatic carbocycles. The van der Waals surface area contributed by atoms with Crippen molar-refractivity contribution >= 4 is 5.91 Å². The number of amides is 1. The molecule has 1 heterocycles. The summed E-state index contributed by atoms with van der Waals surface area (Å²) in [5.74, 6) is 0.833. The maximum atomic E-state index is 11.7. The second-order valence-corrected chi connectivity index (χ2v) is 6.11. The molecule has 1 N–H and O–H groups in total. The van der Waals surface area contributed by atoms with Crippen molar-refractivity contribution in [3.63, 3.8) is 0 Å². The van der Waals surface area contributed by atoms with E-state index in [-0.39, 0.29) is 11.4 Å². The predicted octanol–water partition coefficient (Wildman–Crippen LogP) is 2.19. The van der Waals surface area contributed by atoms with Crippen LogP contribution in [0.2, 0.25) is 0 Å². The molecule has 0 bridgehead atoms. The van der Waals surface area contributed by atoms with Gasteiger partial charge in [0.15, 0.2) is 0 Å². The van der Waals surface area contributed by atoms with Crippen LogP contribution in [0.25, 0.3) is 0 Å². The van der Waals surface area contributed by atoms with Crippen LogP contribution in [0.1, 0.15) is 40.5 Å². The van der Waals surface area contributed by atoms with E-state index >= 15 is 0 Å². The summed E-state index contributed by atoms with van der Waals surface area (Å²) in [7, 11) is 0. The fraction of sp³-hybridized carbons (Fsp3) is 0.786. The first kappa shape index (κ1) is 14.2. The molecule has 1 aliphatic heterocycles. The molecule has 0 aromatic carbocycles. The molecule has 1 saturated heterocycles. The van der Waals surface area contributed by atoms with Crippen LogP contribution in [0, 0.1) is 5.92 Å². The number of nitrogens with zero attached hydrogens (tertiary/aromatic N) is 1. The Morgan fingerprint density at radius 3 is 2.65 bits per heavy atom. The fourth-order valence-corrected chi connectivity index (χ4v) is 2.00. The molecule has 17 heavy (non-hydrogen) atoms. The third-order valence-electron chi connectivity index (χ3n) is 3.16. The molecular formula is C14H26N2O. The Morgan fingerprint density at radius 1 is 1.53 bits per heavy atom. The van der Waals surface area contributed by atoms with Crippen molar-refractivity contribution in [3.05, 3.63) is 12.2 Å². The van der Waals surface area contributed by atoms with E-state index in [0.29, 0.717) is 12.5 Å². The smallest absolute Gasteiger partial charge is 0.223 e. The molecule has 1 fully saturated rings. The third-order valence-corrected chi connectivity index (χ3v) is 3.16. The lowest BCUT2D eigenvalue weighted by molar-refractivity contribution is -0.127. The van der Waals surface area contributed by atoms with E-state index < -0.39 is 0 Å². The maximum Gasteiger partial charge on any atom is 0.223 e.